The van der Waals surface area contributed by atoms with Crippen LogP contribution in [0.3, 0.4) is 0 Å². The second-order valence-corrected chi connectivity index (χ2v) is 7.17. The molecule has 96 valence electrons. The van der Waals surface area contributed by atoms with Crippen LogP contribution in [-0.2, 0) is 26.1 Å². The Hall–Kier alpha value is -0.680. The van der Waals surface area contributed by atoms with Crippen molar-refractivity contribution in [3.8, 4) is 0 Å². The van der Waals surface area contributed by atoms with Gasteiger partial charge in [0, 0.05) is 40.8 Å². The first-order valence-corrected chi connectivity index (χ1v) is 8.01. The molecule has 2 nitrogen and oxygen atoms in total. The topological polar surface area (TPSA) is 29.3 Å². The van der Waals surface area contributed by atoms with Crippen molar-refractivity contribution >= 4 is 22.7 Å². The van der Waals surface area contributed by atoms with Gasteiger partial charge in [0.15, 0.2) is 0 Å². The molecule has 2 aromatic rings. The predicted molar refractivity (Wildman–Crippen MR) is 79.1 cm³/mol. The Kier molecular flexibility index (Phi) is 3.52. The number of nitrogens with zero attached hydrogens (tertiary/aromatic N) is 1. The van der Waals surface area contributed by atoms with Gasteiger partial charge < -0.3 is 5.73 Å². The lowest BCUT2D eigenvalue weighted by Gasteiger charge is -2.26. The van der Waals surface area contributed by atoms with Crippen LogP contribution in [0.5, 0.6) is 0 Å². The van der Waals surface area contributed by atoms with Gasteiger partial charge in [0.2, 0.25) is 0 Å². The molecule has 0 aliphatic carbocycles. The van der Waals surface area contributed by atoms with Crippen molar-refractivity contribution in [2.24, 2.45) is 5.73 Å². The van der Waals surface area contributed by atoms with Crippen LogP contribution in [-0.4, -0.2) is 11.4 Å². The molecule has 0 spiro atoms. The first kappa shape index (κ1) is 12.4. The zero-order valence-corrected chi connectivity index (χ0v) is 12.2. The number of hydrogen-bond donors (Lipinski definition) is 1. The van der Waals surface area contributed by atoms with Crippen LogP contribution < -0.4 is 5.73 Å². The van der Waals surface area contributed by atoms with E-state index in [9.17, 15) is 0 Å². The Morgan fingerprint density at radius 2 is 2.33 bits per heavy atom. The van der Waals surface area contributed by atoms with Gasteiger partial charge in [-0.3, -0.25) is 4.90 Å². The number of nitrogens with two attached hydrogens (primary N) is 1. The van der Waals surface area contributed by atoms with Crippen molar-refractivity contribution < 1.29 is 0 Å². The summed E-state index contributed by atoms with van der Waals surface area (Å²) in [6, 6.07) is 4.56. The minimum absolute atomic E-state index is 0.667. The van der Waals surface area contributed by atoms with Gasteiger partial charge in [-0.15, -0.1) is 22.7 Å². The van der Waals surface area contributed by atoms with Crippen LogP contribution >= 0.6 is 22.7 Å². The van der Waals surface area contributed by atoms with Crippen LogP contribution in [0.15, 0.2) is 17.5 Å². The number of hydrogen-bond acceptors (Lipinski definition) is 4. The third-order valence-electron chi connectivity index (χ3n) is 3.55. The van der Waals surface area contributed by atoms with E-state index < -0.39 is 0 Å². The molecule has 0 bridgehead atoms. The molecule has 2 N–H and O–H groups in total. The van der Waals surface area contributed by atoms with Gasteiger partial charge in [0.05, 0.1) is 0 Å². The molecule has 0 saturated heterocycles. The molecule has 0 unspecified atom stereocenters. The maximum absolute atomic E-state index is 5.71. The summed E-state index contributed by atoms with van der Waals surface area (Å²) in [5, 5.41) is 2.22. The van der Waals surface area contributed by atoms with E-state index >= 15 is 0 Å². The summed E-state index contributed by atoms with van der Waals surface area (Å²) < 4.78 is 0. The molecule has 0 amide bonds. The third-order valence-corrected chi connectivity index (χ3v) is 5.69. The second-order valence-electron chi connectivity index (χ2n) is 4.83. The lowest BCUT2D eigenvalue weighted by Crippen LogP contribution is -2.29. The van der Waals surface area contributed by atoms with Gasteiger partial charge in [-0.25, -0.2) is 0 Å². The average molecular weight is 278 g/mol. The minimum Gasteiger partial charge on any atom is -0.326 e. The van der Waals surface area contributed by atoms with Crippen LogP contribution in [0.2, 0.25) is 0 Å². The van der Waals surface area contributed by atoms with Gasteiger partial charge in [0.25, 0.3) is 0 Å². The monoisotopic (exact) mass is 278 g/mol. The molecular weight excluding hydrogens is 260 g/mol. The number of thiophene rings is 2. The van der Waals surface area contributed by atoms with E-state index in [2.05, 4.69) is 29.3 Å². The lowest BCUT2D eigenvalue weighted by atomic mass is 10.1. The lowest BCUT2D eigenvalue weighted by molar-refractivity contribution is 0.247. The summed E-state index contributed by atoms with van der Waals surface area (Å²) >= 11 is 3.74. The zero-order valence-electron chi connectivity index (χ0n) is 10.6. The molecule has 0 radical (unpaired) electrons. The van der Waals surface area contributed by atoms with E-state index in [-0.39, 0.29) is 0 Å². The fourth-order valence-corrected chi connectivity index (χ4v) is 4.35. The summed E-state index contributed by atoms with van der Waals surface area (Å²) in [5.74, 6) is 0. The number of aryl methyl sites for hydroxylation is 1. The van der Waals surface area contributed by atoms with E-state index in [1.807, 2.05) is 22.7 Å². The van der Waals surface area contributed by atoms with Crippen molar-refractivity contribution in [1.29, 1.82) is 0 Å². The maximum atomic E-state index is 5.71. The highest BCUT2D eigenvalue weighted by atomic mass is 32.1. The standard InChI is InChI=1S/C14H18N2S2/c1-10-12(6-13(7-15)18-10)9-16-4-2-14-11(8-16)3-5-17-14/h3,5-6H,2,4,7-9,15H2,1H3. The molecule has 18 heavy (non-hydrogen) atoms. The van der Waals surface area contributed by atoms with Gasteiger partial charge in [-0.1, -0.05) is 0 Å². The van der Waals surface area contributed by atoms with Crippen LogP contribution in [0.1, 0.15) is 25.8 Å². The zero-order chi connectivity index (χ0) is 12.5. The van der Waals surface area contributed by atoms with Gasteiger partial charge in [-0.2, -0.15) is 0 Å². The highest BCUT2D eigenvalue weighted by molar-refractivity contribution is 7.12. The molecule has 0 atom stereocenters. The summed E-state index contributed by atoms with van der Waals surface area (Å²) in [6.07, 6.45) is 1.21. The van der Waals surface area contributed by atoms with Crippen molar-refractivity contribution in [1.82, 2.24) is 4.90 Å². The number of rotatable bonds is 3. The summed E-state index contributed by atoms with van der Waals surface area (Å²) in [5.41, 5.74) is 8.70. The fraction of sp³-hybridized carbons (Fsp3) is 0.429. The molecule has 1 aliphatic rings. The quantitative estimate of drug-likeness (QED) is 0.934. The number of fused-ring (bicyclic) bond motifs is 1. The Balaban J connectivity index is 1.72. The molecule has 4 heteroatoms. The van der Waals surface area contributed by atoms with Crippen LogP contribution in [0.4, 0.5) is 0 Å². The van der Waals surface area contributed by atoms with E-state index in [1.165, 1.54) is 33.8 Å². The fourth-order valence-electron chi connectivity index (χ4n) is 2.53. The first-order valence-electron chi connectivity index (χ1n) is 6.32. The second kappa shape index (κ2) is 5.13. The van der Waals surface area contributed by atoms with Gasteiger partial charge in [-0.05, 0) is 42.0 Å². The molecule has 3 heterocycles. The van der Waals surface area contributed by atoms with E-state index in [0.717, 1.165) is 13.1 Å². The maximum Gasteiger partial charge on any atom is 0.0274 e. The van der Waals surface area contributed by atoms with Crippen molar-refractivity contribution in [3.63, 3.8) is 0 Å². The van der Waals surface area contributed by atoms with E-state index in [1.54, 1.807) is 4.88 Å². The molecule has 1 aliphatic heterocycles. The van der Waals surface area contributed by atoms with Gasteiger partial charge in [0.1, 0.15) is 0 Å². The van der Waals surface area contributed by atoms with E-state index in [4.69, 9.17) is 5.73 Å². The molecule has 3 rings (SSSR count). The van der Waals surface area contributed by atoms with E-state index in [0.29, 0.717) is 6.54 Å². The van der Waals surface area contributed by atoms with Crippen molar-refractivity contribution in [2.75, 3.05) is 6.54 Å². The minimum atomic E-state index is 0.667. The largest absolute Gasteiger partial charge is 0.326 e. The molecule has 0 fully saturated rings. The Labute approximate surface area is 116 Å². The van der Waals surface area contributed by atoms with Crippen LogP contribution in [0, 0.1) is 6.92 Å². The highest BCUT2D eigenvalue weighted by Gasteiger charge is 2.18. The molecule has 0 aromatic carbocycles. The predicted octanol–water partition coefficient (Wildman–Crippen LogP) is 3.14. The Morgan fingerprint density at radius 3 is 3.11 bits per heavy atom. The van der Waals surface area contributed by atoms with Crippen molar-refractivity contribution in [3.05, 3.63) is 43.3 Å². The third kappa shape index (κ3) is 2.38. The Bertz CT molecular complexity index is 542. The average Bonchev–Trinajstić information content (AvgIpc) is 2.96. The summed E-state index contributed by atoms with van der Waals surface area (Å²) in [4.78, 5) is 6.85. The summed E-state index contributed by atoms with van der Waals surface area (Å²) in [7, 11) is 0. The highest BCUT2D eigenvalue weighted by Crippen LogP contribution is 2.27. The molecule has 2 aromatic heterocycles. The van der Waals surface area contributed by atoms with Crippen molar-refractivity contribution in [2.45, 2.75) is 33.0 Å². The Morgan fingerprint density at radius 1 is 1.44 bits per heavy atom. The first-order chi connectivity index (χ1) is 8.76. The van der Waals surface area contributed by atoms with Crippen LogP contribution in [0.25, 0.3) is 0 Å². The van der Waals surface area contributed by atoms with Gasteiger partial charge >= 0.3 is 0 Å². The smallest absolute Gasteiger partial charge is 0.0274 e. The normalized spacial score (nSPS) is 15.9. The summed E-state index contributed by atoms with van der Waals surface area (Å²) in [6.45, 7) is 6.23. The molecule has 0 saturated carbocycles. The SMILES string of the molecule is Cc1sc(CN)cc1CN1CCc2sccc2C1. The molecular formula is C14H18N2S2.